The van der Waals surface area contributed by atoms with E-state index in [9.17, 15) is 14.0 Å². The molecule has 0 bridgehead atoms. The summed E-state index contributed by atoms with van der Waals surface area (Å²) in [5.41, 5.74) is 0.700. The largest absolute Gasteiger partial charge is 0.360 e. The average Bonchev–Trinajstić information content (AvgIpc) is 3.11. The minimum absolute atomic E-state index is 0.0716. The van der Waals surface area contributed by atoms with Crippen molar-refractivity contribution in [1.29, 1.82) is 0 Å². The molecule has 1 aliphatic rings. The molecule has 26 heavy (non-hydrogen) atoms. The Hall–Kier alpha value is -2.52. The second kappa shape index (κ2) is 7.79. The molecule has 9 heteroatoms. The molecule has 0 saturated carbocycles. The summed E-state index contributed by atoms with van der Waals surface area (Å²) in [4.78, 5) is 26.3. The van der Waals surface area contributed by atoms with Crippen molar-refractivity contribution in [3.8, 4) is 0 Å². The lowest BCUT2D eigenvalue weighted by Crippen LogP contribution is -2.31. The number of hydrogen-bond acceptors (Lipinski definition) is 6. The molecule has 0 atom stereocenters. The van der Waals surface area contributed by atoms with Gasteiger partial charge < -0.3 is 9.84 Å². The highest BCUT2D eigenvalue weighted by Gasteiger charge is 2.32. The van der Waals surface area contributed by atoms with E-state index in [1.54, 1.807) is 31.2 Å². The molecular formula is C17H14FN3O3S2. The van der Waals surface area contributed by atoms with Crippen LogP contribution >= 0.6 is 24.0 Å². The highest BCUT2D eigenvalue weighted by molar-refractivity contribution is 8.26. The number of nitrogens with zero attached hydrogens (tertiary/aromatic N) is 2. The van der Waals surface area contributed by atoms with Crippen LogP contribution in [0.2, 0.25) is 0 Å². The summed E-state index contributed by atoms with van der Waals surface area (Å²) in [6.07, 6.45) is 1.72. The molecule has 0 aliphatic carbocycles. The first kappa shape index (κ1) is 18.3. The van der Waals surface area contributed by atoms with Gasteiger partial charge in [-0.1, -0.05) is 41.3 Å². The zero-order chi connectivity index (χ0) is 18.7. The molecule has 6 nitrogen and oxygen atoms in total. The number of thioether (sulfide) groups is 1. The average molecular weight is 391 g/mol. The van der Waals surface area contributed by atoms with Crippen LogP contribution in [0.5, 0.6) is 0 Å². The molecule has 0 spiro atoms. The van der Waals surface area contributed by atoms with Crippen molar-refractivity contribution >= 4 is 52.0 Å². The number of halogens is 1. The Morgan fingerprint density at radius 2 is 2.15 bits per heavy atom. The van der Waals surface area contributed by atoms with E-state index in [1.807, 2.05) is 0 Å². The molecule has 1 aromatic carbocycles. The van der Waals surface area contributed by atoms with E-state index in [2.05, 4.69) is 10.5 Å². The van der Waals surface area contributed by atoms with Crippen LogP contribution in [0.4, 0.5) is 10.2 Å². The van der Waals surface area contributed by atoms with E-state index in [0.717, 1.165) is 11.8 Å². The Balaban J connectivity index is 1.60. The van der Waals surface area contributed by atoms with Crippen molar-refractivity contribution in [3.63, 3.8) is 0 Å². The van der Waals surface area contributed by atoms with Crippen molar-refractivity contribution in [1.82, 2.24) is 10.1 Å². The lowest BCUT2D eigenvalue weighted by Gasteiger charge is -2.13. The van der Waals surface area contributed by atoms with Crippen molar-refractivity contribution in [2.24, 2.45) is 0 Å². The Kier molecular flexibility index (Phi) is 5.48. The third-order valence-electron chi connectivity index (χ3n) is 3.50. The normalized spacial score (nSPS) is 15.8. The molecule has 1 fully saturated rings. The van der Waals surface area contributed by atoms with Crippen LogP contribution in [0.15, 0.2) is 39.8 Å². The number of anilines is 1. The van der Waals surface area contributed by atoms with Crippen LogP contribution in [0, 0.1) is 12.7 Å². The van der Waals surface area contributed by atoms with Gasteiger partial charge in [0.05, 0.1) is 4.91 Å². The predicted molar refractivity (Wildman–Crippen MR) is 101 cm³/mol. The number of aromatic nitrogens is 1. The molecule has 1 N–H and O–H groups in total. The van der Waals surface area contributed by atoms with Gasteiger partial charge in [-0.25, -0.2) is 4.39 Å². The van der Waals surface area contributed by atoms with Crippen LogP contribution in [0.3, 0.4) is 0 Å². The Morgan fingerprint density at radius 1 is 1.42 bits per heavy atom. The highest BCUT2D eigenvalue weighted by atomic mass is 32.2. The highest BCUT2D eigenvalue weighted by Crippen LogP contribution is 2.32. The summed E-state index contributed by atoms with van der Waals surface area (Å²) in [5.74, 6) is 0.00422. The van der Waals surface area contributed by atoms with Crippen molar-refractivity contribution in [3.05, 3.63) is 52.4 Å². The van der Waals surface area contributed by atoms with E-state index < -0.39 is 0 Å². The number of rotatable bonds is 5. The number of nitrogens with one attached hydrogen (secondary N) is 1. The first-order valence-corrected chi connectivity index (χ1v) is 8.89. The van der Waals surface area contributed by atoms with E-state index in [0.29, 0.717) is 26.4 Å². The van der Waals surface area contributed by atoms with Gasteiger partial charge in [0.15, 0.2) is 5.82 Å². The third kappa shape index (κ3) is 4.36. The Labute approximate surface area is 158 Å². The minimum Gasteiger partial charge on any atom is -0.360 e. The number of thiocarbonyl (C=S) groups is 1. The number of carbonyl (C=O) groups is 2. The lowest BCUT2D eigenvalue weighted by atomic mass is 10.2. The second-order valence-electron chi connectivity index (χ2n) is 5.51. The van der Waals surface area contributed by atoms with Crippen molar-refractivity contribution in [2.45, 2.75) is 13.3 Å². The SMILES string of the molecule is Cc1cc(NC(=O)CCN2C(=O)C(=Cc3ccc(F)cc3)SC2=S)no1. The second-order valence-corrected chi connectivity index (χ2v) is 7.18. The zero-order valence-corrected chi connectivity index (χ0v) is 15.3. The predicted octanol–water partition coefficient (Wildman–Crippen LogP) is 3.35. The van der Waals surface area contributed by atoms with Gasteiger partial charge in [0.2, 0.25) is 5.91 Å². The molecule has 2 aromatic rings. The van der Waals surface area contributed by atoms with Crippen LogP contribution in [-0.4, -0.2) is 32.7 Å². The number of aryl methyl sites for hydroxylation is 1. The van der Waals surface area contributed by atoms with E-state index >= 15 is 0 Å². The summed E-state index contributed by atoms with van der Waals surface area (Å²) in [7, 11) is 0. The molecule has 134 valence electrons. The molecule has 1 aromatic heterocycles. The molecule has 2 amide bonds. The fourth-order valence-electron chi connectivity index (χ4n) is 2.25. The number of carbonyl (C=O) groups excluding carboxylic acids is 2. The molecule has 1 saturated heterocycles. The summed E-state index contributed by atoms with van der Waals surface area (Å²) in [6, 6.07) is 7.40. The van der Waals surface area contributed by atoms with Crippen LogP contribution in [0.25, 0.3) is 6.08 Å². The van der Waals surface area contributed by atoms with Crippen LogP contribution < -0.4 is 5.32 Å². The maximum Gasteiger partial charge on any atom is 0.266 e. The molecule has 3 rings (SSSR count). The first-order valence-electron chi connectivity index (χ1n) is 7.66. The number of amides is 2. The number of benzene rings is 1. The van der Waals surface area contributed by atoms with Gasteiger partial charge >= 0.3 is 0 Å². The fraction of sp³-hybridized carbons (Fsp3) is 0.176. The van der Waals surface area contributed by atoms with Gasteiger partial charge in [-0.05, 0) is 30.7 Å². The maximum atomic E-state index is 13.0. The van der Waals surface area contributed by atoms with Crippen LogP contribution in [0.1, 0.15) is 17.7 Å². The van der Waals surface area contributed by atoms with Gasteiger partial charge in [-0.2, -0.15) is 0 Å². The smallest absolute Gasteiger partial charge is 0.266 e. The zero-order valence-electron chi connectivity index (χ0n) is 13.7. The Morgan fingerprint density at radius 3 is 2.81 bits per heavy atom. The van der Waals surface area contributed by atoms with Gasteiger partial charge in [-0.15, -0.1) is 0 Å². The fourth-order valence-corrected chi connectivity index (χ4v) is 3.56. The van der Waals surface area contributed by atoms with Crippen molar-refractivity contribution < 1.29 is 18.5 Å². The first-order chi connectivity index (χ1) is 12.4. The standard InChI is InChI=1S/C17H14FN3O3S2/c1-10-8-14(20-24-10)19-15(22)6-7-21-16(23)13(26-17(21)25)9-11-2-4-12(18)5-3-11/h2-5,8-9H,6-7H2,1H3,(H,19,20,22). The van der Waals surface area contributed by atoms with E-state index in [-0.39, 0.29) is 30.6 Å². The molecule has 0 unspecified atom stereocenters. The van der Waals surface area contributed by atoms with E-state index in [4.69, 9.17) is 16.7 Å². The molecule has 2 heterocycles. The summed E-state index contributed by atoms with van der Waals surface area (Å²) < 4.78 is 18.2. The minimum atomic E-state index is -0.344. The topological polar surface area (TPSA) is 75.4 Å². The molecule has 0 radical (unpaired) electrons. The maximum absolute atomic E-state index is 13.0. The summed E-state index contributed by atoms with van der Waals surface area (Å²) >= 11 is 6.38. The van der Waals surface area contributed by atoms with E-state index in [1.165, 1.54) is 17.0 Å². The summed E-state index contributed by atoms with van der Waals surface area (Å²) in [5, 5.41) is 6.27. The lowest BCUT2D eigenvalue weighted by molar-refractivity contribution is -0.122. The van der Waals surface area contributed by atoms with Gasteiger partial charge in [-0.3, -0.25) is 14.5 Å². The van der Waals surface area contributed by atoms with Crippen molar-refractivity contribution in [2.75, 3.05) is 11.9 Å². The summed E-state index contributed by atoms with van der Waals surface area (Å²) in [6.45, 7) is 1.88. The Bertz CT molecular complexity index is 893. The van der Waals surface area contributed by atoms with Crippen LogP contribution in [-0.2, 0) is 9.59 Å². The van der Waals surface area contributed by atoms with Gasteiger partial charge in [0.1, 0.15) is 15.9 Å². The number of hydrogen-bond donors (Lipinski definition) is 1. The van der Waals surface area contributed by atoms with Gasteiger partial charge in [0.25, 0.3) is 5.91 Å². The van der Waals surface area contributed by atoms with Gasteiger partial charge in [0, 0.05) is 19.0 Å². The molecule has 1 aliphatic heterocycles. The third-order valence-corrected chi connectivity index (χ3v) is 4.88. The quantitative estimate of drug-likeness (QED) is 0.622. The molecular weight excluding hydrogens is 377 g/mol. The monoisotopic (exact) mass is 391 g/mol.